The molecule has 0 amide bonds. The highest BCUT2D eigenvalue weighted by Crippen LogP contribution is 2.32. The predicted octanol–water partition coefficient (Wildman–Crippen LogP) is 2.19. The predicted molar refractivity (Wildman–Crippen MR) is 53.8 cm³/mol. The van der Waals surface area contributed by atoms with E-state index < -0.39 is 0 Å². The lowest BCUT2D eigenvalue weighted by atomic mass is 9.96. The SMILES string of the molecule is CC(c1ccoc1N)c1ccoc1N. The first-order chi connectivity index (χ1) is 6.70. The van der Waals surface area contributed by atoms with Gasteiger partial charge in [0.1, 0.15) is 0 Å². The smallest absolute Gasteiger partial charge is 0.193 e. The van der Waals surface area contributed by atoms with Crippen molar-refractivity contribution in [3.8, 4) is 0 Å². The average molecular weight is 192 g/mol. The van der Waals surface area contributed by atoms with Crippen LogP contribution in [-0.4, -0.2) is 0 Å². The minimum atomic E-state index is 0.0903. The second kappa shape index (κ2) is 3.14. The molecule has 0 bridgehead atoms. The quantitative estimate of drug-likeness (QED) is 0.764. The Kier molecular flexibility index (Phi) is 1.96. The fourth-order valence-corrected chi connectivity index (χ4v) is 1.54. The van der Waals surface area contributed by atoms with Crippen LogP contribution in [0.5, 0.6) is 0 Å². The van der Waals surface area contributed by atoms with Crippen LogP contribution in [0, 0.1) is 0 Å². The normalized spacial score (nSPS) is 11.0. The van der Waals surface area contributed by atoms with Gasteiger partial charge >= 0.3 is 0 Å². The van der Waals surface area contributed by atoms with E-state index in [1.165, 1.54) is 0 Å². The van der Waals surface area contributed by atoms with Crippen LogP contribution in [0.2, 0.25) is 0 Å². The number of anilines is 2. The van der Waals surface area contributed by atoms with Gasteiger partial charge in [-0.3, -0.25) is 0 Å². The van der Waals surface area contributed by atoms with Crippen LogP contribution in [0.3, 0.4) is 0 Å². The van der Waals surface area contributed by atoms with Crippen molar-refractivity contribution in [1.29, 1.82) is 0 Å². The van der Waals surface area contributed by atoms with Crippen LogP contribution >= 0.6 is 0 Å². The van der Waals surface area contributed by atoms with Crippen molar-refractivity contribution in [2.75, 3.05) is 11.5 Å². The van der Waals surface area contributed by atoms with Crippen molar-refractivity contribution in [2.24, 2.45) is 0 Å². The molecule has 0 unspecified atom stereocenters. The van der Waals surface area contributed by atoms with Gasteiger partial charge in [0.25, 0.3) is 0 Å². The molecule has 74 valence electrons. The average Bonchev–Trinajstić information content (AvgIpc) is 2.73. The Balaban J connectivity index is 2.38. The van der Waals surface area contributed by atoms with E-state index in [1.54, 1.807) is 12.5 Å². The summed E-state index contributed by atoms with van der Waals surface area (Å²) in [7, 11) is 0. The molecule has 4 N–H and O–H groups in total. The maximum absolute atomic E-state index is 5.66. The molecule has 0 aliphatic carbocycles. The molecule has 0 radical (unpaired) electrons. The summed E-state index contributed by atoms with van der Waals surface area (Å²) in [6.45, 7) is 2.00. The van der Waals surface area contributed by atoms with Gasteiger partial charge in [0.05, 0.1) is 12.5 Å². The Morgan fingerprint density at radius 2 is 1.43 bits per heavy atom. The summed E-state index contributed by atoms with van der Waals surface area (Å²) in [5.74, 6) is 0.948. The molecular formula is C10H12N2O2. The standard InChI is InChI=1S/C10H12N2O2/c1-6(7-2-4-13-9(7)11)8-3-5-14-10(8)12/h2-6H,11-12H2,1H3. The third kappa shape index (κ3) is 1.25. The van der Waals surface area contributed by atoms with Gasteiger partial charge in [0.15, 0.2) is 11.8 Å². The summed E-state index contributed by atoms with van der Waals surface area (Å²) >= 11 is 0. The molecule has 0 spiro atoms. The number of hydrogen-bond acceptors (Lipinski definition) is 4. The number of hydrogen-bond donors (Lipinski definition) is 2. The Morgan fingerprint density at radius 3 is 1.71 bits per heavy atom. The van der Waals surface area contributed by atoms with Gasteiger partial charge in [-0.2, -0.15) is 0 Å². The van der Waals surface area contributed by atoms with Gasteiger partial charge in [0.2, 0.25) is 0 Å². The topological polar surface area (TPSA) is 78.3 Å². The first-order valence-corrected chi connectivity index (χ1v) is 4.36. The minimum Gasteiger partial charge on any atom is -0.449 e. The van der Waals surface area contributed by atoms with E-state index in [1.807, 2.05) is 19.1 Å². The zero-order valence-electron chi connectivity index (χ0n) is 7.86. The molecule has 0 atom stereocenters. The van der Waals surface area contributed by atoms with E-state index in [0.29, 0.717) is 11.8 Å². The third-order valence-corrected chi connectivity index (χ3v) is 2.39. The molecule has 0 saturated heterocycles. The summed E-state index contributed by atoms with van der Waals surface area (Å²) in [4.78, 5) is 0. The van der Waals surface area contributed by atoms with Gasteiger partial charge in [-0.05, 0) is 12.1 Å². The van der Waals surface area contributed by atoms with Gasteiger partial charge in [-0.15, -0.1) is 0 Å². The summed E-state index contributed by atoms with van der Waals surface area (Å²) < 4.78 is 10.1. The van der Waals surface area contributed by atoms with Gasteiger partial charge < -0.3 is 20.3 Å². The lowest BCUT2D eigenvalue weighted by Gasteiger charge is -2.08. The van der Waals surface area contributed by atoms with Crippen LogP contribution in [0.1, 0.15) is 24.0 Å². The summed E-state index contributed by atoms with van der Waals surface area (Å²) in [5, 5.41) is 0. The molecule has 4 heteroatoms. The molecule has 0 fully saturated rings. The molecule has 2 heterocycles. The van der Waals surface area contributed by atoms with Gasteiger partial charge in [-0.25, -0.2) is 0 Å². The molecule has 0 aliphatic rings. The number of furan rings is 2. The van der Waals surface area contributed by atoms with Gasteiger partial charge in [-0.1, -0.05) is 6.92 Å². The molecule has 4 nitrogen and oxygen atoms in total. The van der Waals surface area contributed by atoms with E-state index in [-0.39, 0.29) is 5.92 Å². The number of rotatable bonds is 2. The van der Waals surface area contributed by atoms with E-state index in [9.17, 15) is 0 Å². The zero-order chi connectivity index (χ0) is 10.1. The second-order valence-corrected chi connectivity index (χ2v) is 3.20. The number of nitrogen functional groups attached to an aromatic ring is 2. The molecule has 2 rings (SSSR count). The van der Waals surface area contributed by atoms with E-state index in [2.05, 4.69) is 0 Å². The Morgan fingerprint density at radius 1 is 1.00 bits per heavy atom. The monoisotopic (exact) mass is 192 g/mol. The Labute approximate surface area is 81.5 Å². The van der Waals surface area contributed by atoms with Crippen molar-refractivity contribution in [1.82, 2.24) is 0 Å². The lowest BCUT2D eigenvalue weighted by molar-refractivity contribution is 0.580. The van der Waals surface area contributed by atoms with Crippen molar-refractivity contribution < 1.29 is 8.83 Å². The highest BCUT2D eigenvalue weighted by Gasteiger charge is 2.17. The molecule has 0 aliphatic heterocycles. The molecule has 0 aromatic carbocycles. The van der Waals surface area contributed by atoms with Crippen molar-refractivity contribution in [3.63, 3.8) is 0 Å². The van der Waals surface area contributed by atoms with Crippen LogP contribution < -0.4 is 11.5 Å². The summed E-state index contributed by atoms with van der Waals surface area (Å²) in [6, 6.07) is 3.68. The first kappa shape index (κ1) is 8.74. The van der Waals surface area contributed by atoms with Crippen LogP contribution in [0.15, 0.2) is 33.5 Å². The Bertz CT molecular complexity index is 391. The molecule has 0 saturated carbocycles. The van der Waals surface area contributed by atoms with Crippen molar-refractivity contribution >= 4 is 11.8 Å². The van der Waals surface area contributed by atoms with Crippen LogP contribution in [0.25, 0.3) is 0 Å². The maximum Gasteiger partial charge on any atom is 0.193 e. The number of nitrogens with two attached hydrogens (primary N) is 2. The van der Waals surface area contributed by atoms with Crippen LogP contribution in [0.4, 0.5) is 11.8 Å². The first-order valence-electron chi connectivity index (χ1n) is 4.36. The second-order valence-electron chi connectivity index (χ2n) is 3.20. The minimum absolute atomic E-state index is 0.0903. The fraction of sp³-hybridized carbons (Fsp3) is 0.200. The van der Waals surface area contributed by atoms with E-state index in [0.717, 1.165) is 11.1 Å². The zero-order valence-corrected chi connectivity index (χ0v) is 7.86. The fourth-order valence-electron chi connectivity index (χ4n) is 1.54. The van der Waals surface area contributed by atoms with Gasteiger partial charge in [0, 0.05) is 17.0 Å². The highest BCUT2D eigenvalue weighted by atomic mass is 16.3. The Hall–Kier alpha value is -1.84. The maximum atomic E-state index is 5.66. The molecule has 2 aromatic heterocycles. The lowest BCUT2D eigenvalue weighted by Crippen LogP contribution is -1.99. The van der Waals surface area contributed by atoms with E-state index >= 15 is 0 Å². The molecular weight excluding hydrogens is 180 g/mol. The largest absolute Gasteiger partial charge is 0.449 e. The van der Waals surface area contributed by atoms with Crippen molar-refractivity contribution in [3.05, 3.63) is 35.8 Å². The molecule has 14 heavy (non-hydrogen) atoms. The van der Waals surface area contributed by atoms with Crippen LogP contribution in [-0.2, 0) is 0 Å². The summed E-state index contributed by atoms with van der Waals surface area (Å²) in [5.41, 5.74) is 13.2. The third-order valence-electron chi connectivity index (χ3n) is 2.39. The summed E-state index contributed by atoms with van der Waals surface area (Å²) in [6.07, 6.45) is 3.13. The highest BCUT2D eigenvalue weighted by molar-refractivity contribution is 5.49. The molecule has 2 aromatic rings. The van der Waals surface area contributed by atoms with E-state index in [4.69, 9.17) is 20.3 Å². The van der Waals surface area contributed by atoms with Crippen molar-refractivity contribution in [2.45, 2.75) is 12.8 Å².